The van der Waals surface area contributed by atoms with Crippen LogP contribution in [0.25, 0.3) is 0 Å². The van der Waals surface area contributed by atoms with Crippen molar-refractivity contribution in [2.24, 2.45) is 0 Å². The van der Waals surface area contributed by atoms with E-state index in [1.165, 1.54) is 11.0 Å². The Morgan fingerprint density at radius 1 is 1.29 bits per heavy atom. The average Bonchev–Trinajstić information content (AvgIpc) is 2.13. The predicted octanol–water partition coefficient (Wildman–Crippen LogP) is 2.14. The molecule has 0 bridgehead atoms. The summed E-state index contributed by atoms with van der Waals surface area (Å²) in [4.78, 5) is 12.9. The molecular weight excluding hydrogens is 181 g/mol. The van der Waals surface area contributed by atoms with Crippen molar-refractivity contribution in [3.05, 3.63) is 34.6 Å². The van der Waals surface area contributed by atoms with Crippen LogP contribution < -0.4 is 0 Å². The molecule has 0 aliphatic carbocycles. The minimum Gasteiger partial charge on any atom is -0.345 e. The van der Waals surface area contributed by atoms with Gasteiger partial charge in [-0.15, -0.1) is 0 Å². The molecule has 76 valence electrons. The number of aryl methyl sites for hydroxylation is 1. The van der Waals surface area contributed by atoms with E-state index in [9.17, 15) is 9.18 Å². The van der Waals surface area contributed by atoms with Crippen LogP contribution in [0.1, 0.15) is 21.5 Å². The van der Waals surface area contributed by atoms with Crippen LogP contribution in [0.5, 0.6) is 0 Å². The van der Waals surface area contributed by atoms with E-state index in [1.54, 1.807) is 27.1 Å². The largest absolute Gasteiger partial charge is 0.345 e. The van der Waals surface area contributed by atoms with Gasteiger partial charge in [0.2, 0.25) is 0 Å². The van der Waals surface area contributed by atoms with Crippen LogP contribution in [0, 0.1) is 19.7 Å². The van der Waals surface area contributed by atoms with E-state index >= 15 is 0 Å². The molecule has 0 aromatic heterocycles. The fourth-order valence-electron chi connectivity index (χ4n) is 1.19. The fourth-order valence-corrected chi connectivity index (χ4v) is 1.19. The number of halogens is 1. The quantitative estimate of drug-likeness (QED) is 0.672. The molecule has 3 heteroatoms. The molecule has 0 saturated carbocycles. The number of carbonyl (C=O) groups excluding carboxylic acids is 1. The third-order valence-corrected chi connectivity index (χ3v) is 2.29. The molecule has 0 radical (unpaired) electrons. The van der Waals surface area contributed by atoms with Gasteiger partial charge < -0.3 is 4.90 Å². The highest BCUT2D eigenvalue weighted by molar-refractivity contribution is 5.94. The molecular formula is C11H14FNO. The summed E-state index contributed by atoms with van der Waals surface area (Å²) in [6.07, 6.45) is 0. The van der Waals surface area contributed by atoms with Crippen LogP contribution in [-0.4, -0.2) is 24.9 Å². The zero-order chi connectivity index (χ0) is 10.9. The summed E-state index contributed by atoms with van der Waals surface area (Å²) in [6.45, 7) is 3.50. The first kappa shape index (κ1) is 10.7. The molecule has 1 amide bonds. The molecule has 0 atom stereocenters. The summed E-state index contributed by atoms with van der Waals surface area (Å²) >= 11 is 0. The second-order valence-corrected chi connectivity index (χ2v) is 3.57. The van der Waals surface area contributed by atoms with Crippen molar-refractivity contribution in [2.45, 2.75) is 13.8 Å². The van der Waals surface area contributed by atoms with Gasteiger partial charge >= 0.3 is 0 Å². The van der Waals surface area contributed by atoms with Gasteiger partial charge in [0.1, 0.15) is 5.82 Å². The lowest BCUT2D eigenvalue weighted by atomic mass is 10.0. The fraction of sp³-hybridized carbons (Fsp3) is 0.364. The molecule has 1 aromatic carbocycles. The van der Waals surface area contributed by atoms with Crippen molar-refractivity contribution in [3.63, 3.8) is 0 Å². The number of rotatable bonds is 1. The van der Waals surface area contributed by atoms with Gasteiger partial charge in [-0.25, -0.2) is 4.39 Å². The first-order valence-corrected chi connectivity index (χ1v) is 4.42. The number of hydrogen-bond donors (Lipinski definition) is 0. The summed E-state index contributed by atoms with van der Waals surface area (Å²) in [7, 11) is 3.22. The molecule has 0 unspecified atom stereocenters. The maximum Gasteiger partial charge on any atom is 0.256 e. The molecule has 2 nitrogen and oxygen atoms in total. The van der Waals surface area contributed by atoms with E-state index in [-0.39, 0.29) is 11.5 Å². The lowest BCUT2D eigenvalue weighted by Gasteiger charge is -2.12. The van der Waals surface area contributed by atoms with Gasteiger partial charge in [-0.2, -0.15) is 0 Å². The van der Waals surface area contributed by atoms with Gasteiger partial charge in [0.25, 0.3) is 5.91 Å². The first-order valence-electron chi connectivity index (χ1n) is 4.42. The van der Waals surface area contributed by atoms with Gasteiger partial charge in [0.15, 0.2) is 0 Å². The maximum absolute atomic E-state index is 13.6. The van der Waals surface area contributed by atoms with Crippen molar-refractivity contribution in [1.29, 1.82) is 0 Å². The van der Waals surface area contributed by atoms with Gasteiger partial charge in [0, 0.05) is 14.1 Å². The van der Waals surface area contributed by atoms with Crippen LogP contribution in [-0.2, 0) is 0 Å². The Hall–Kier alpha value is -1.38. The standard InChI is InChI=1S/C11H14FNO/c1-7-5-6-9(10(12)8(7)2)11(14)13(3)4/h5-6H,1-4H3. The summed E-state index contributed by atoms with van der Waals surface area (Å²) in [5, 5.41) is 0. The highest BCUT2D eigenvalue weighted by atomic mass is 19.1. The van der Waals surface area contributed by atoms with Crippen LogP contribution in [0.4, 0.5) is 4.39 Å². The normalized spacial score (nSPS) is 10.1. The van der Waals surface area contributed by atoms with Gasteiger partial charge in [-0.05, 0) is 31.0 Å². The minimum atomic E-state index is -0.413. The van der Waals surface area contributed by atoms with Crippen molar-refractivity contribution < 1.29 is 9.18 Å². The molecule has 1 aromatic rings. The lowest BCUT2D eigenvalue weighted by molar-refractivity contribution is 0.0823. The van der Waals surface area contributed by atoms with E-state index in [4.69, 9.17) is 0 Å². The van der Waals surface area contributed by atoms with Crippen molar-refractivity contribution in [2.75, 3.05) is 14.1 Å². The average molecular weight is 195 g/mol. The molecule has 0 fully saturated rings. The summed E-state index contributed by atoms with van der Waals surface area (Å²) in [5.74, 6) is -0.714. The van der Waals surface area contributed by atoms with E-state index < -0.39 is 5.82 Å². The monoisotopic (exact) mass is 195 g/mol. The van der Waals surface area contributed by atoms with Crippen LogP contribution in [0.2, 0.25) is 0 Å². The smallest absolute Gasteiger partial charge is 0.256 e. The number of carbonyl (C=O) groups is 1. The van der Waals surface area contributed by atoms with Crippen LogP contribution in [0.15, 0.2) is 12.1 Å². The Bertz CT molecular complexity index is 372. The molecule has 0 aliphatic rings. The molecule has 0 aliphatic heterocycles. The van der Waals surface area contributed by atoms with E-state index in [1.807, 2.05) is 6.92 Å². The molecule has 14 heavy (non-hydrogen) atoms. The van der Waals surface area contributed by atoms with Crippen molar-refractivity contribution in [1.82, 2.24) is 4.90 Å². The topological polar surface area (TPSA) is 20.3 Å². The maximum atomic E-state index is 13.6. The van der Waals surface area contributed by atoms with Crippen LogP contribution in [0.3, 0.4) is 0 Å². The Labute approximate surface area is 83.3 Å². The van der Waals surface area contributed by atoms with Crippen molar-refractivity contribution >= 4 is 5.91 Å². The molecule has 1 rings (SSSR count). The van der Waals surface area contributed by atoms with Gasteiger partial charge in [0.05, 0.1) is 5.56 Å². The highest BCUT2D eigenvalue weighted by Gasteiger charge is 2.15. The van der Waals surface area contributed by atoms with Gasteiger partial charge in [-0.1, -0.05) is 6.07 Å². The molecule has 0 N–H and O–H groups in total. The molecule has 0 spiro atoms. The Morgan fingerprint density at radius 2 is 1.86 bits per heavy atom. The third-order valence-electron chi connectivity index (χ3n) is 2.29. The minimum absolute atomic E-state index is 0.137. The number of amides is 1. The van der Waals surface area contributed by atoms with E-state index in [2.05, 4.69) is 0 Å². The summed E-state index contributed by atoms with van der Waals surface area (Å²) in [5.41, 5.74) is 1.54. The first-order chi connectivity index (χ1) is 6.45. The summed E-state index contributed by atoms with van der Waals surface area (Å²) in [6, 6.07) is 3.29. The number of nitrogens with zero attached hydrogens (tertiary/aromatic N) is 1. The number of benzene rings is 1. The van der Waals surface area contributed by atoms with Gasteiger partial charge in [-0.3, -0.25) is 4.79 Å². The van der Waals surface area contributed by atoms with Crippen molar-refractivity contribution in [3.8, 4) is 0 Å². The zero-order valence-electron chi connectivity index (χ0n) is 8.89. The lowest BCUT2D eigenvalue weighted by Crippen LogP contribution is -2.23. The molecule has 0 saturated heterocycles. The second-order valence-electron chi connectivity index (χ2n) is 3.57. The third kappa shape index (κ3) is 1.76. The second kappa shape index (κ2) is 3.78. The Balaban J connectivity index is 3.24. The number of hydrogen-bond acceptors (Lipinski definition) is 1. The Kier molecular flexibility index (Phi) is 2.89. The highest BCUT2D eigenvalue weighted by Crippen LogP contribution is 2.17. The predicted molar refractivity (Wildman–Crippen MR) is 53.9 cm³/mol. The zero-order valence-corrected chi connectivity index (χ0v) is 8.89. The van der Waals surface area contributed by atoms with Crippen LogP contribution >= 0.6 is 0 Å². The van der Waals surface area contributed by atoms with E-state index in [0.29, 0.717) is 5.56 Å². The van der Waals surface area contributed by atoms with E-state index in [0.717, 1.165) is 5.56 Å². The SMILES string of the molecule is Cc1ccc(C(=O)N(C)C)c(F)c1C. The Morgan fingerprint density at radius 3 is 2.36 bits per heavy atom. The summed E-state index contributed by atoms with van der Waals surface area (Å²) < 4.78 is 13.6. The molecule has 0 heterocycles.